The molecule has 2 aliphatic rings. The molecule has 2 unspecified atom stereocenters. The number of nitrogens with one attached hydrogen (secondary N) is 1. The molecule has 1 amide bonds. The van der Waals surface area contributed by atoms with Crippen molar-refractivity contribution in [2.24, 2.45) is 16.6 Å². The third kappa shape index (κ3) is 3.49. The molecule has 0 aliphatic carbocycles. The number of methoxy groups -OCH3 is 1. The lowest BCUT2D eigenvalue weighted by molar-refractivity contribution is 0.00448. The Morgan fingerprint density at radius 1 is 1.44 bits per heavy atom. The number of nitrogens with zero attached hydrogens (tertiary/aromatic N) is 4. The van der Waals surface area contributed by atoms with Crippen LogP contribution in [0.1, 0.15) is 21.9 Å². The number of rotatable bonds is 4. The van der Waals surface area contributed by atoms with Crippen LogP contribution in [0.3, 0.4) is 0 Å². The van der Waals surface area contributed by atoms with Crippen molar-refractivity contribution in [2.45, 2.75) is 12.0 Å². The van der Waals surface area contributed by atoms with Gasteiger partial charge in [-0.2, -0.15) is 0 Å². The van der Waals surface area contributed by atoms with Crippen LogP contribution in [-0.2, 0) is 10.3 Å². The molecule has 11 heteroatoms. The van der Waals surface area contributed by atoms with E-state index in [1.165, 1.54) is 30.8 Å². The summed E-state index contributed by atoms with van der Waals surface area (Å²) in [6, 6.07) is 0. The highest BCUT2D eigenvalue weighted by Crippen LogP contribution is 2.45. The second-order valence-electron chi connectivity index (χ2n) is 6.16. The van der Waals surface area contributed by atoms with Gasteiger partial charge < -0.3 is 20.5 Å². The van der Waals surface area contributed by atoms with Gasteiger partial charge >= 0.3 is 0 Å². The number of nitrogens with two attached hydrogens (primary N) is 1. The van der Waals surface area contributed by atoms with E-state index in [-0.39, 0.29) is 5.69 Å². The first kappa shape index (κ1) is 18.1. The van der Waals surface area contributed by atoms with Crippen LogP contribution in [0.15, 0.2) is 22.8 Å². The molecule has 0 bridgehead atoms. The van der Waals surface area contributed by atoms with Crippen LogP contribution in [0.5, 0.6) is 5.88 Å². The number of thioether (sulfide) groups is 1. The minimum Gasteiger partial charge on any atom is -0.480 e. The van der Waals surface area contributed by atoms with Gasteiger partial charge in [-0.05, 0) is 6.42 Å². The number of carbonyl (C=O) groups is 1. The van der Waals surface area contributed by atoms with Crippen molar-refractivity contribution in [3.05, 3.63) is 28.5 Å². The Hall–Kier alpha value is -2.24. The number of fused-ring (bicyclic) bond motifs is 1. The maximum atomic E-state index is 12.4. The largest absolute Gasteiger partial charge is 0.480 e. The smallest absolute Gasteiger partial charge is 0.277 e. The Morgan fingerprint density at radius 2 is 2.33 bits per heavy atom. The Balaban J connectivity index is 1.55. The number of aliphatic imine (C=N–C) groups is 1. The third-order valence-corrected chi connectivity index (χ3v) is 6.50. The first-order valence-corrected chi connectivity index (χ1v) is 10.2. The van der Waals surface area contributed by atoms with Gasteiger partial charge in [0.15, 0.2) is 5.17 Å². The molecule has 4 heterocycles. The van der Waals surface area contributed by atoms with Crippen molar-refractivity contribution in [1.82, 2.24) is 15.0 Å². The predicted octanol–water partition coefficient (Wildman–Crippen LogP) is 1.49. The van der Waals surface area contributed by atoms with Gasteiger partial charge in [-0.15, -0.1) is 11.3 Å². The van der Waals surface area contributed by atoms with E-state index in [2.05, 4.69) is 20.3 Å². The molecule has 0 aromatic carbocycles. The highest BCUT2D eigenvalue weighted by atomic mass is 32.2. The maximum Gasteiger partial charge on any atom is 0.277 e. The summed E-state index contributed by atoms with van der Waals surface area (Å²) < 4.78 is 10.6. The van der Waals surface area contributed by atoms with Crippen molar-refractivity contribution < 1.29 is 14.3 Å². The van der Waals surface area contributed by atoms with Crippen LogP contribution in [0.2, 0.25) is 0 Å². The molecule has 142 valence electrons. The Kier molecular flexibility index (Phi) is 4.98. The van der Waals surface area contributed by atoms with Gasteiger partial charge in [-0.1, -0.05) is 11.8 Å². The Bertz CT molecular complexity index is 871. The zero-order valence-electron chi connectivity index (χ0n) is 14.5. The fourth-order valence-corrected chi connectivity index (χ4v) is 5.11. The second kappa shape index (κ2) is 7.41. The zero-order valence-corrected chi connectivity index (χ0v) is 16.2. The maximum absolute atomic E-state index is 12.4. The number of hydrogen-bond acceptors (Lipinski definition) is 10. The van der Waals surface area contributed by atoms with E-state index >= 15 is 0 Å². The number of carbonyl (C=O) groups excluding carboxylic acids is 1. The molecule has 4 rings (SSSR count). The minimum absolute atomic E-state index is 0.179. The molecule has 27 heavy (non-hydrogen) atoms. The molecule has 2 aromatic heterocycles. The topological polar surface area (TPSA) is 125 Å². The van der Waals surface area contributed by atoms with Gasteiger partial charge in [0.25, 0.3) is 5.91 Å². The summed E-state index contributed by atoms with van der Waals surface area (Å²) in [4.78, 5) is 29.7. The molecule has 9 nitrogen and oxygen atoms in total. The van der Waals surface area contributed by atoms with Crippen LogP contribution in [-0.4, -0.2) is 52.1 Å². The average molecular weight is 406 g/mol. The van der Waals surface area contributed by atoms with Crippen LogP contribution in [0.25, 0.3) is 0 Å². The van der Waals surface area contributed by atoms with Crippen LogP contribution < -0.4 is 15.8 Å². The van der Waals surface area contributed by atoms with Gasteiger partial charge in [0, 0.05) is 23.7 Å². The second-order valence-corrected chi connectivity index (χ2v) is 8.06. The lowest BCUT2D eigenvalue weighted by atomic mass is 9.82. The third-order valence-electron chi connectivity index (χ3n) is 4.54. The lowest BCUT2D eigenvalue weighted by Gasteiger charge is -2.41. The normalized spacial score (nSPS) is 24.6. The Morgan fingerprint density at radius 3 is 3.11 bits per heavy atom. The Labute approximate surface area is 163 Å². The van der Waals surface area contributed by atoms with Crippen molar-refractivity contribution in [2.75, 3.05) is 31.4 Å². The number of amidine groups is 1. The van der Waals surface area contributed by atoms with Crippen molar-refractivity contribution >= 4 is 40.0 Å². The van der Waals surface area contributed by atoms with E-state index in [9.17, 15) is 4.79 Å². The molecule has 0 saturated carbocycles. The quantitative estimate of drug-likeness (QED) is 0.782. The van der Waals surface area contributed by atoms with Gasteiger partial charge in [0.1, 0.15) is 22.1 Å². The molecule has 2 atom stereocenters. The van der Waals surface area contributed by atoms with Gasteiger partial charge in [-0.3, -0.25) is 4.79 Å². The predicted molar refractivity (Wildman–Crippen MR) is 103 cm³/mol. The van der Waals surface area contributed by atoms with Crippen LogP contribution >= 0.6 is 23.1 Å². The van der Waals surface area contributed by atoms with Crippen molar-refractivity contribution in [3.8, 4) is 5.88 Å². The number of amides is 1. The summed E-state index contributed by atoms with van der Waals surface area (Å²) in [5.41, 5.74) is 5.60. The van der Waals surface area contributed by atoms with Crippen LogP contribution in [0, 0.1) is 5.92 Å². The van der Waals surface area contributed by atoms with E-state index in [0.29, 0.717) is 36.0 Å². The van der Waals surface area contributed by atoms with E-state index in [1.807, 2.05) is 0 Å². The molecule has 2 aliphatic heterocycles. The number of thiazole rings is 1. The molecule has 0 spiro atoms. The summed E-state index contributed by atoms with van der Waals surface area (Å²) in [5, 5.41) is 5.88. The van der Waals surface area contributed by atoms with Crippen molar-refractivity contribution in [1.29, 1.82) is 0 Å². The fraction of sp³-hybridized carbons (Fsp3) is 0.438. The molecule has 1 fully saturated rings. The van der Waals surface area contributed by atoms with Gasteiger partial charge in [-0.25, -0.2) is 19.9 Å². The fourth-order valence-electron chi connectivity index (χ4n) is 3.10. The minimum atomic E-state index is -0.568. The zero-order chi connectivity index (χ0) is 18.9. The van der Waals surface area contributed by atoms with E-state index in [0.717, 1.165) is 17.2 Å². The molecule has 3 N–H and O–H groups in total. The molecule has 0 radical (unpaired) electrons. The number of anilines is 1. The lowest BCUT2D eigenvalue weighted by Crippen LogP contribution is -2.47. The number of ether oxygens (including phenoxy) is 2. The summed E-state index contributed by atoms with van der Waals surface area (Å²) >= 11 is 3.01. The van der Waals surface area contributed by atoms with E-state index < -0.39 is 11.4 Å². The number of hydrogen-bond donors (Lipinski definition) is 2. The summed E-state index contributed by atoms with van der Waals surface area (Å²) in [7, 11) is 1.49. The van der Waals surface area contributed by atoms with Crippen LogP contribution in [0.4, 0.5) is 5.82 Å². The SMILES string of the molecule is COc1cnc(C(=O)Nc2csc(C34COCCC3CSC(N)=N4)n2)cn1. The average Bonchev–Trinajstić information content (AvgIpc) is 3.17. The van der Waals surface area contributed by atoms with E-state index in [4.69, 9.17) is 20.2 Å². The summed E-state index contributed by atoms with van der Waals surface area (Å²) in [5.74, 6) is 1.60. The van der Waals surface area contributed by atoms with E-state index in [1.54, 1.807) is 17.1 Å². The molecular formula is C16H18N6O3S2. The highest BCUT2D eigenvalue weighted by Gasteiger charge is 2.47. The summed E-state index contributed by atoms with van der Waals surface area (Å²) in [6.07, 6.45) is 3.66. The molecule has 1 saturated heterocycles. The van der Waals surface area contributed by atoms with Crippen molar-refractivity contribution in [3.63, 3.8) is 0 Å². The first-order chi connectivity index (χ1) is 13.1. The van der Waals surface area contributed by atoms with Gasteiger partial charge in [0.2, 0.25) is 5.88 Å². The summed E-state index contributed by atoms with van der Waals surface area (Å²) in [6.45, 7) is 1.16. The van der Waals surface area contributed by atoms with Gasteiger partial charge in [0.05, 0.1) is 26.1 Å². The molecular weight excluding hydrogens is 388 g/mol. The highest BCUT2D eigenvalue weighted by molar-refractivity contribution is 8.13. The standard InChI is InChI=1S/C16H18N6O3S2/c1-24-12-5-18-10(4-19-12)13(23)20-11-7-26-14(21-11)16-8-25-3-2-9(16)6-27-15(17)22-16/h4-5,7,9H,2-3,6,8H2,1H3,(H2,17,22)(H,20,23). The monoisotopic (exact) mass is 406 g/mol. The first-order valence-electron chi connectivity index (χ1n) is 8.30. The molecule has 2 aromatic rings. The number of aromatic nitrogens is 3.